The Morgan fingerprint density at radius 3 is 3.00 bits per heavy atom. The summed E-state index contributed by atoms with van der Waals surface area (Å²) in [5.74, 6) is 0. The van der Waals surface area contributed by atoms with Crippen molar-refractivity contribution >= 4 is 21.6 Å². The zero-order valence-electron chi connectivity index (χ0n) is 10.1. The van der Waals surface area contributed by atoms with Crippen molar-refractivity contribution < 1.29 is 0 Å². The molecule has 17 heavy (non-hydrogen) atoms. The van der Waals surface area contributed by atoms with Crippen molar-refractivity contribution in [3.8, 4) is 6.07 Å². The van der Waals surface area contributed by atoms with Gasteiger partial charge in [0, 0.05) is 22.7 Å². The zero-order chi connectivity index (χ0) is 12.3. The van der Waals surface area contributed by atoms with Crippen molar-refractivity contribution in [2.75, 3.05) is 11.4 Å². The lowest BCUT2D eigenvalue weighted by Crippen LogP contribution is -2.39. The molecule has 0 radical (unpaired) electrons. The topological polar surface area (TPSA) is 27.0 Å². The van der Waals surface area contributed by atoms with Crippen LogP contribution in [0.3, 0.4) is 0 Å². The Balaban J connectivity index is 2.23. The molecular formula is C14H17BrN2. The number of piperidine rings is 1. The molecule has 0 spiro atoms. The van der Waals surface area contributed by atoms with E-state index in [0.717, 1.165) is 17.4 Å². The molecule has 1 fully saturated rings. The van der Waals surface area contributed by atoms with Crippen LogP contribution >= 0.6 is 15.9 Å². The molecule has 2 rings (SSSR count). The third-order valence-electron chi connectivity index (χ3n) is 3.44. The van der Waals surface area contributed by atoms with Crippen LogP contribution in [0.5, 0.6) is 0 Å². The molecule has 0 bridgehead atoms. The van der Waals surface area contributed by atoms with Crippen LogP contribution < -0.4 is 4.90 Å². The fourth-order valence-corrected chi connectivity index (χ4v) is 2.79. The summed E-state index contributed by atoms with van der Waals surface area (Å²) in [7, 11) is 0. The average Bonchev–Trinajstić information content (AvgIpc) is 2.34. The molecule has 0 aromatic heterocycles. The van der Waals surface area contributed by atoms with E-state index in [-0.39, 0.29) is 0 Å². The highest BCUT2D eigenvalue weighted by Gasteiger charge is 2.22. The van der Waals surface area contributed by atoms with E-state index in [4.69, 9.17) is 5.26 Å². The molecule has 0 amide bonds. The van der Waals surface area contributed by atoms with Crippen molar-refractivity contribution in [1.29, 1.82) is 5.26 Å². The molecule has 0 saturated carbocycles. The van der Waals surface area contributed by atoms with Gasteiger partial charge in [0.2, 0.25) is 0 Å². The third-order valence-corrected chi connectivity index (χ3v) is 4.30. The van der Waals surface area contributed by atoms with Crippen LogP contribution in [0, 0.1) is 18.3 Å². The molecule has 1 aromatic rings. The molecule has 1 atom stereocenters. The van der Waals surface area contributed by atoms with Crippen molar-refractivity contribution in [1.82, 2.24) is 0 Å². The second-order valence-electron chi connectivity index (χ2n) is 4.64. The highest BCUT2D eigenvalue weighted by atomic mass is 79.9. The largest absolute Gasteiger partial charge is 0.367 e. The van der Waals surface area contributed by atoms with E-state index in [9.17, 15) is 0 Å². The lowest BCUT2D eigenvalue weighted by atomic mass is 9.99. The highest BCUT2D eigenvalue weighted by Crippen LogP contribution is 2.29. The molecule has 0 N–H and O–H groups in total. The maximum atomic E-state index is 8.90. The molecule has 90 valence electrons. The lowest BCUT2D eigenvalue weighted by Gasteiger charge is -2.36. The molecule has 1 unspecified atom stereocenters. The smallest absolute Gasteiger partial charge is 0.0643 e. The highest BCUT2D eigenvalue weighted by molar-refractivity contribution is 9.10. The molecule has 1 heterocycles. The number of halogens is 1. The quantitative estimate of drug-likeness (QED) is 0.823. The van der Waals surface area contributed by atoms with Crippen LogP contribution in [0.25, 0.3) is 0 Å². The van der Waals surface area contributed by atoms with Crippen LogP contribution in [0.1, 0.15) is 31.2 Å². The van der Waals surface area contributed by atoms with Gasteiger partial charge in [-0.1, -0.05) is 22.0 Å². The van der Waals surface area contributed by atoms with Gasteiger partial charge in [-0.3, -0.25) is 0 Å². The van der Waals surface area contributed by atoms with E-state index in [0.29, 0.717) is 12.5 Å². The molecule has 1 aliphatic heterocycles. The fourth-order valence-electron chi connectivity index (χ4n) is 2.42. The summed E-state index contributed by atoms with van der Waals surface area (Å²) in [6.07, 6.45) is 4.24. The van der Waals surface area contributed by atoms with Crippen molar-refractivity contribution in [2.24, 2.45) is 0 Å². The van der Waals surface area contributed by atoms with Gasteiger partial charge < -0.3 is 4.90 Å². The van der Waals surface area contributed by atoms with Gasteiger partial charge in [-0.05, 0) is 43.9 Å². The minimum absolute atomic E-state index is 0.392. The van der Waals surface area contributed by atoms with Crippen molar-refractivity contribution in [3.05, 3.63) is 28.2 Å². The van der Waals surface area contributed by atoms with Crippen molar-refractivity contribution in [3.63, 3.8) is 0 Å². The standard InChI is InChI=1S/C14H17BrN2/c1-11-5-6-13(10-14(11)15)17-9-3-2-4-12(17)7-8-16/h5-6,10,12H,2-4,7,9H2,1H3. The molecule has 2 nitrogen and oxygen atoms in total. The van der Waals surface area contributed by atoms with Crippen LogP contribution in [-0.4, -0.2) is 12.6 Å². The molecule has 1 aromatic carbocycles. The number of rotatable bonds is 2. The van der Waals surface area contributed by atoms with E-state index in [2.05, 4.69) is 52.0 Å². The summed E-state index contributed by atoms with van der Waals surface area (Å²) in [6.45, 7) is 3.17. The second-order valence-corrected chi connectivity index (χ2v) is 5.49. The predicted octanol–water partition coefficient (Wildman–Crippen LogP) is 4.03. The van der Waals surface area contributed by atoms with E-state index in [1.54, 1.807) is 0 Å². The van der Waals surface area contributed by atoms with E-state index >= 15 is 0 Å². The van der Waals surface area contributed by atoms with Crippen LogP contribution in [0.4, 0.5) is 5.69 Å². The minimum atomic E-state index is 0.392. The van der Waals surface area contributed by atoms with Crippen LogP contribution in [0.15, 0.2) is 22.7 Å². The number of anilines is 1. The second kappa shape index (κ2) is 5.55. The maximum Gasteiger partial charge on any atom is 0.0643 e. The van der Waals surface area contributed by atoms with Crippen LogP contribution in [0.2, 0.25) is 0 Å². The normalized spacial score (nSPS) is 20.1. The Morgan fingerprint density at radius 1 is 1.47 bits per heavy atom. The molecule has 0 aliphatic carbocycles. The monoisotopic (exact) mass is 292 g/mol. The van der Waals surface area contributed by atoms with Gasteiger partial charge in [-0.15, -0.1) is 0 Å². The number of nitrogens with zero attached hydrogens (tertiary/aromatic N) is 2. The summed E-state index contributed by atoms with van der Waals surface area (Å²) in [5.41, 5.74) is 2.49. The predicted molar refractivity (Wildman–Crippen MR) is 74.1 cm³/mol. The first-order valence-corrected chi connectivity index (χ1v) is 6.91. The molecule has 3 heteroatoms. The SMILES string of the molecule is Cc1ccc(N2CCCCC2CC#N)cc1Br. The fraction of sp³-hybridized carbons (Fsp3) is 0.500. The molecular weight excluding hydrogens is 276 g/mol. The molecule has 1 saturated heterocycles. The zero-order valence-corrected chi connectivity index (χ0v) is 11.7. The summed E-state index contributed by atoms with van der Waals surface area (Å²) >= 11 is 3.58. The Kier molecular flexibility index (Phi) is 4.06. The maximum absolute atomic E-state index is 8.90. The lowest BCUT2D eigenvalue weighted by molar-refractivity contribution is 0.464. The first kappa shape index (κ1) is 12.4. The summed E-state index contributed by atoms with van der Waals surface area (Å²) in [6, 6.07) is 9.17. The molecule has 1 aliphatic rings. The number of hydrogen-bond donors (Lipinski definition) is 0. The average molecular weight is 293 g/mol. The Hall–Kier alpha value is -1.01. The number of nitriles is 1. The van der Waals surface area contributed by atoms with Gasteiger partial charge in [0.05, 0.1) is 12.5 Å². The van der Waals surface area contributed by atoms with E-state index in [1.165, 1.54) is 24.1 Å². The first-order chi connectivity index (χ1) is 8.22. The summed E-state index contributed by atoms with van der Waals surface area (Å²) in [5, 5.41) is 8.90. The third kappa shape index (κ3) is 2.81. The van der Waals surface area contributed by atoms with Gasteiger partial charge in [0.15, 0.2) is 0 Å². The number of hydrogen-bond acceptors (Lipinski definition) is 2. The first-order valence-electron chi connectivity index (χ1n) is 6.12. The van der Waals surface area contributed by atoms with Gasteiger partial charge in [0.1, 0.15) is 0 Å². The summed E-state index contributed by atoms with van der Waals surface area (Å²) < 4.78 is 1.15. The van der Waals surface area contributed by atoms with E-state index < -0.39 is 0 Å². The van der Waals surface area contributed by atoms with Crippen molar-refractivity contribution in [2.45, 2.75) is 38.6 Å². The van der Waals surface area contributed by atoms with Gasteiger partial charge >= 0.3 is 0 Å². The minimum Gasteiger partial charge on any atom is -0.367 e. The number of benzene rings is 1. The van der Waals surface area contributed by atoms with Gasteiger partial charge in [-0.25, -0.2) is 0 Å². The van der Waals surface area contributed by atoms with Crippen LogP contribution in [-0.2, 0) is 0 Å². The Labute approximate surface area is 111 Å². The van der Waals surface area contributed by atoms with E-state index in [1.807, 2.05) is 0 Å². The Morgan fingerprint density at radius 2 is 2.29 bits per heavy atom. The summed E-state index contributed by atoms with van der Waals surface area (Å²) in [4.78, 5) is 2.39. The Bertz CT molecular complexity index is 436. The number of aryl methyl sites for hydroxylation is 1. The van der Waals surface area contributed by atoms with Gasteiger partial charge in [-0.2, -0.15) is 5.26 Å². The van der Waals surface area contributed by atoms with Gasteiger partial charge in [0.25, 0.3) is 0 Å².